The fraction of sp³-hybridized carbons (Fsp3) is 0.0667. The quantitative estimate of drug-likeness (QED) is 0.839. The van der Waals surface area contributed by atoms with Gasteiger partial charge in [0.05, 0.1) is 12.7 Å². The molecule has 0 spiro atoms. The Labute approximate surface area is 115 Å². The molecule has 0 heterocycles. The maximum Gasteiger partial charge on any atom is 0.341 e. The molecule has 2 aromatic rings. The predicted octanol–water partition coefficient (Wildman–Crippen LogP) is 2.54. The molecule has 0 aromatic heterocycles. The SMILES string of the molecule is COC(=O)c1cc(-c2cccc(C(=O)O)c2)ccc1O. The minimum Gasteiger partial charge on any atom is -0.507 e. The number of phenolic OH excluding ortho intramolecular Hbond substituents is 1. The third kappa shape index (κ3) is 2.61. The van der Waals surface area contributed by atoms with Crippen LogP contribution in [0.15, 0.2) is 42.5 Å². The first-order valence-electron chi connectivity index (χ1n) is 5.78. The zero-order chi connectivity index (χ0) is 14.7. The highest BCUT2D eigenvalue weighted by molar-refractivity contribution is 5.94. The number of hydrogen-bond acceptors (Lipinski definition) is 4. The number of carbonyl (C=O) groups is 2. The molecule has 0 saturated heterocycles. The summed E-state index contributed by atoms with van der Waals surface area (Å²) in [6.45, 7) is 0. The molecule has 5 heteroatoms. The Bertz CT molecular complexity index is 676. The summed E-state index contributed by atoms with van der Waals surface area (Å²) in [4.78, 5) is 22.5. The average Bonchev–Trinajstić information content (AvgIpc) is 2.47. The number of aromatic hydroxyl groups is 1. The second-order valence-corrected chi connectivity index (χ2v) is 4.11. The molecular formula is C15H12O5. The highest BCUT2D eigenvalue weighted by Gasteiger charge is 2.13. The summed E-state index contributed by atoms with van der Waals surface area (Å²) in [6, 6.07) is 10.7. The molecule has 5 nitrogen and oxygen atoms in total. The van der Waals surface area contributed by atoms with Crippen molar-refractivity contribution in [3.05, 3.63) is 53.6 Å². The summed E-state index contributed by atoms with van der Waals surface area (Å²) in [7, 11) is 1.22. The molecule has 0 aliphatic heterocycles. The van der Waals surface area contributed by atoms with Crippen LogP contribution in [0.4, 0.5) is 0 Å². The molecule has 20 heavy (non-hydrogen) atoms. The normalized spacial score (nSPS) is 10.1. The number of hydrogen-bond donors (Lipinski definition) is 2. The van der Waals surface area contributed by atoms with Crippen molar-refractivity contribution in [2.75, 3.05) is 7.11 Å². The molecular weight excluding hydrogens is 260 g/mol. The molecule has 0 aliphatic carbocycles. The van der Waals surface area contributed by atoms with Crippen molar-refractivity contribution in [2.45, 2.75) is 0 Å². The molecule has 2 rings (SSSR count). The van der Waals surface area contributed by atoms with Crippen LogP contribution >= 0.6 is 0 Å². The fourth-order valence-electron chi connectivity index (χ4n) is 1.82. The van der Waals surface area contributed by atoms with Gasteiger partial charge >= 0.3 is 11.9 Å². The number of aromatic carboxylic acids is 1. The van der Waals surface area contributed by atoms with Crippen LogP contribution in [0.1, 0.15) is 20.7 Å². The highest BCUT2D eigenvalue weighted by atomic mass is 16.5. The van der Waals surface area contributed by atoms with E-state index < -0.39 is 11.9 Å². The van der Waals surface area contributed by atoms with Gasteiger partial charge in [-0.1, -0.05) is 18.2 Å². The van der Waals surface area contributed by atoms with Gasteiger partial charge in [0.1, 0.15) is 11.3 Å². The molecule has 2 N–H and O–H groups in total. The molecule has 0 saturated carbocycles. The van der Waals surface area contributed by atoms with Crippen molar-refractivity contribution in [2.24, 2.45) is 0 Å². The van der Waals surface area contributed by atoms with E-state index in [-0.39, 0.29) is 16.9 Å². The molecule has 0 aliphatic rings. The lowest BCUT2D eigenvalue weighted by Crippen LogP contribution is -2.02. The monoisotopic (exact) mass is 272 g/mol. The number of methoxy groups -OCH3 is 1. The van der Waals surface area contributed by atoms with Crippen LogP contribution in [0.3, 0.4) is 0 Å². The zero-order valence-electron chi connectivity index (χ0n) is 10.7. The van der Waals surface area contributed by atoms with Crippen LogP contribution in [-0.4, -0.2) is 29.3 Å². The van der Waals surface area contributed by atoms with Crippen molar-refractivity contribution in [1.29, 1.82) is 0 Å². The van der Waals surface area contributed by atoms with Gasteiger partial charge in [-0.3, -0.25) is 0 Å². The van der Waals surface area contributed by atoms with Gasteiger partial charge in [-0.05, 0) is 35.4 Å². The van der Waals surface area contributed by atoms with Gasteiger partial charge in [0.15, 0.2) is 0 Å². The summed E-state index contributed by atoms with van der Waals surface area (Å²) in [6.07, 6.45) is 0. The molecule has 0 bridgehead atoms. The third-order valence-corrected chi connectivity index (χ3v) is 2.84. The lowest BCUT2D eigenvalue weighted by Gasteiger charge is -2.07. The number of carboxylic acids is 1. The first-order valence-corrected chi connectivity index (χ1v) is 5.78. The third-order valence-electron chi connectivity index (χ3n) is 2.84. The Morgan fingerprint density at radius 2 is 1.75 bits per heavy atom. The van der Waals surface area contributed by atoms with Crippen LogP contribution in [0, 0.1) is 0 Å². The van der Waals surface area contributed by atoms with Gasteiger partial charge in [-0.15, -0.1) is 0 Å². The maximum absolute atomic E-state index is 11.5. The lowest BCUT2D eigenvalue weighted by molar-refractivity contribution is 0.0596. The fourth-order valence-corrected chi connectivity index (χ4v) is 1.82. The number of esters is 1. The van der Waals surface area contributed by atoms with Crippen LogP contribution < -0.4 is 0 Å². The number of phenols is 1. The minimum absolute atomic E-state index is 0.0331. The van der Waals surface area contributed by atoms with Gasteiger partial charge in [-0.25, -0.2) is 9.59 Å². The van der Waals surface area contributed by atoms with E-state index in [0.717, 1.165) is 0 Å². The van der Waals surface area contributed by atoms with Crippen molar-refractivity contribution >= 4 is 11.9 Å². The van der Waals surface area contributed by atoms with Crippen molar-refractivity contribution in [3.63, 3.8) is 0 Å². The van der Waals surface area contributed by atoms with E-state index in [1.54, 1.807) is 18.2 Å². The second kappa shape index (κ2) is 5.44. The first-order chi connectivity index (χ1) is 9.52. The Kier molecular flexibility index (Phi) is 3.70. The smallest absolute Gasteiger partial charge is 0.341 e. The Morgan fingerprint density at radius 1 is 1.05 bits per heavy atom. The van der Waals surface area contributed by atoms with E-state index >= 15 is 0 Å². The predicted molar refractivity (Wildman–Crippen MR) is 71.8 cm³/mol. The van der Waals surface area contributed by atoms with Gasteiger partial charge in [0.2, 0.25) is 0 Å². The van der Waals surface area contributed by atoms with E-state index in [1.807, 2.05) is 0 Å². The number of carbonyl (C=O) groups excluding carboxylic acids is 1. The highest BCUT2D eigenvalue weighted by Crippen LogP contribution is 2.27. The largest absolute Gasteiger partial charge is 0.507 e. The van der Waals surface area contributed by atoms with Crippen LogP contribution in [0.2, 0.25) is 0 Å². The van der Waals surface area contributed by atoms with Crippen LogP contribution in [0.5, 0.6) is 5.75 Å². The molecule has 0 fully saturated rings. The molecule has 0 amide bonds. The first kappa shape index (κ1) is 13.6. The zero-order valence-corrected chi connectivity index (χ0v) is 10.7. The molecule has 0 radical (unpaired) electrons. The summed E-state index contributed by atoms with van der Waals surface area (Å²) in [5.74, 6) is -1.87. The van der Waals surface area contributed by atoms with Gasteiger partial charge in [0.25, 0.3) is 0 Å². The molecule has 0 atom stereocenters. The number of carboxylic acid groups (broad SMARTS) is 1. The van der Waals surface area contributed by atoms with Crippen LogP contribution in [0.25, 0.3) is 11.1 Å². The summed E-state index contributed by atoms with van der Waals surface area (Å²) in [5, 5.41) is 18.6. The van der Waals surface area contributed by atoms with Crippen molar-refractivity contribution in [3.8, 4) is 16.9 Å². The van der Waals surface area contributed by atoms with E-state index in [4.69, 9.17) is 5.11 Å². The van der Waals surface area contributed by atoms with Gasteiger partial charge in [0, 0.05) is 0 Å². The topological polar surface area (TPSA) is 83.8 Å². The second-order valence-electron chi connectivity index (χ2n) is 4.11. The van der Waals surface area contributed by atoms with Crippen molar-refractivity contribution in [1.82, 2.24) is 0 Å². The summed E-state index contributed by atoms with van der Waals surface area (Å²) < 4.78 is 4.58. The molecule has 102 valence electrons. The lowest BCUT2D eigenvalue weighted by atomic mass is 10.0. The van der Waals surface area contributed by atoms with Crippen LogP contribution in [-0.2, 0) is 4.74 Å². The Hall–Kier alpha value is -2.82. The summed E-state index contributed by atoms with van der Waals surface area (Å²) in [5.41, 5.74) is 1.43. The number of benzene rings is 2. The molecule has 0 unspecified atom stereocenters. The van der Waals surface area contributed by atoms with Gasteiger partial charge in [-0.2, -0.15) is 0 Å². The Morgan fingerprint density at radius 3 is 2.40 bits per heavy atom. The number of ether oxygens (including phenoxy) is 1. The van der Waals surface area contributed by atoms with E-state index in [1.165, 1.54) is 31.4 Å². The average molecular weight is 272 g/mol. The minimum atomic E-state index is -1.03. The Balaban J connectivity index is 2.50. The van der Waals surface area contributed by atoms with E-state index in [0.29, 0.717) is 11.1 Å². The molecule has 2 aromatic carbocycles. The summed E-state index contributed by atoms with van der Waals surface area (Å²) >= 11 is 0. The maximum atomic E-state index is 11.5. The van der Waals surface area contributed by atoms with Gasteiger partial charge < -0.3 is 14.9 Å². The standard InChI is InChI=1S/C15H12O5/c1-20-15(19)12-8-10(5-6-13(12)16)9-3-2-4-11(7-9)14(17)18/h2-8,16H,1H3,(H,17,18). The van der Waals surface area contributed by atoms with E-state index in [2.05, 4.69) is 4.74 Å². The number of rotatable bonds is 3. The van der Waals surface area contributed by atoms with E-state index in [9.17, 15) is 14.7 Å². The van der Waals surface area contributed by atoms with Crippen molar-refractivity contribution < 1.29 is 24.5 Å².